The van der Waals surface area contributed by atoms with Crippen LogP contribution in [0.5, 0.6) is 0 Å². The largest absolute Gasteiger partial charge is 0.310 e. The SMILES string of the molecule is c1ccc(-c2ccccc2N(c2ccc(-c3ccc4ccc5c6ccccc6ccc5c4c3)cc2)c2ccc3ccc4ccccc4c3c2)cc1. The molecule has 51 heavy (non-hydrogen) atoms. The van der Waals surface area contributed by atoms with Crippen LogP contribution in [0.25, 0.3) is 76.1 Å². The Morgan fingerprint density at radius 1 is 0.255 bits per heavy atom. The molecule has 10 aromatic rings. The van der Waals surface area contributed by atoms with Gasteiger partial charge in [-0.1, -0.05) is 164 Å². The molecule has 0 radical (unpaired) electrons. The highest BCUT2D eigenvalue weighted by Crippen LogP contribution is 2.43. The van der Waals surface area contributed by atoms with E-state index in [1.807, 2.05) is 0 Å². The number of hydrogen-bond donors (Lipinski definition) is 0. The lowest BCUT2D eigenvalue weighted by Crippen LogP contribution is -2.11. The summed E-state index contributed by atoms with van der Waals surface area (Å²) in [4.78, 5) is 2.41. The Hall–Kier alpha value is -6.70. The fourth-order valence-electron chi connectivity index (χ4n) is 7.89. The highest BCUT2D eigenvalue weighted by atomic mass is 15.1. The van der Waals surface area contributed by atoms with Crippen molar-refractivity contribution in [3.05, 3.63) is 200 Å². The minimum absolute atomic E-state index is 1.11. The number of benzene rings is 10. The first-order valence-electron chi connectivity index (χ1n) is 17.6. The van der Waals surface area contributed by atoms with Crippen molar-refractivity contribution in [2.75, 3.05) is 4.90 Å². The Bertz CT molecular complexity index is 2900. The molecule has 1 nitrogen and oxygen atoms in total. The van der Waals surface area contributed by atoms with Gasteiger partial charge < -0.3 is 4.90 Å². The van der Waals surface area contributed by atoms with Crippen LogP contribution >= 0.6 is 0 Å². The van der Waals surface area contributed by atoms with E-state index in [-0.39, 0.29) is 0 Å². The molecule has 0 aliphatic heterocycles. The Balaban J connectivity index is 1.13. The molecule has 0 fully saturated rings. The molecule has 0 aliphatic carbocycles. The number of fused-ring (bicyclic) bond motifs is 8. The van der Waals surface area contributed by atoms with Gasteiger partial charge in [0, 0.05) is 16.9 Å². The normalized spacial score (nSPS) is 11.5. The van der Waals surface area contributed by atoms with Crippen molar-refractivity contribution in [1.29, 1.82) is 0 Å². The van der Waals surface area contributed by atoms with Crippen molar-refractivity contribution in [2.45, 2.75) is 0 Å². The Morgan fingerprint density at radius 2 is 0.745 bits per heavy atom. The van der Waals surface area contributed by atoms with E-state index >= 15 is 0 Å². The summed E-state index contributed by atoms with van der Waals surface area (Å²) in [6, 6.07) is 73.1. The summed E-state index contributed by atoms with van der Waals surface area (Å²) in [5, 5.41) is 12.7. The van der Waals surface area contributed by atoms with Gasteiger partial charge in [-0.25, -0.2) is 0 Å². The van der Waals surface area contributed by atoms with Crippen LogP contribution in [0.3, 0.4) is 0 Å². The van der Waals surface area contributed by atoms with Gasteiger partial charge in [-0.3, -0.25) is 0 Å². The molecule has 10 aromatic carbocycles. The number of para-hydroxylation sites is 1. The quantitative estimate of drug-likeness (QED) is 0.168. The molecule has 0 saturated carbocycles. The van der Waals surface area contributed by atoms with Crippen LogP contribution in [0, 0.1) is 0 Å². The van der Waals surface area contributed by atoms with Crippen LogP contribution in [0.15, 0.2) is 200 Å². The molecule has 10 rings (SSSR count). The predicted molar refractivity (Wildman–Crippen MR) is 220 cm³/mol. The molecule has 0 heterocycles. The van der Waals surface area contributed by atoms with E-state index in [2.05, 4.69) is 205 Å². The lowest BCUT2D eigenvalue weighted by atomic mass is 9.94. The van der Waals surface area contributed by atoms with Gasteiger partial charge in [0.15, 0.2) is 0 Å². The maximum atomic E-state index is 2.41. The van der Waals surface area contributed by atoms with Crippen LogP contribution in [0.2, 0.25) is 0 Å². The van der Waals surface area contributed by atoms with E-state index in [1.54, 1.807) is 0 Å². The molecule has 0 aromatic heterocycles. The lowest BCUT2D eigenvalue weighted by Gasteiger charge is -2.28. The standard InChI is InChI=1S/C50H33N/c1-2-10-35(11-3-1)45-16-8-9-17-50(45)51(42-29-24-38-19-18-36-12-5-7-15-44(36)49(38)33-42)41-27-22-34(23-28-41)40-21-20-39-26-30-46-43-14-6-4-13-37(43)25-31-47(46)48(39)32-40/h1-33H. The first-order valence-corrected chi connectivity index (χ1v) is 17.6. The third-order valence-electron chi connectivity index (χ3n) is 10.4. The zero-order chi connectivity index (χ0) is 33.7. The highest BCUT2D eigenvalue weighted by Gasteiger charge is 2.18. The lowest BCUT2D eigenvalue weighted by molar-refractivity contribution is 1.29. The summed E-state index contributed by atoms with van der Waals surface area (Å²) in [7, 11) is 0. The molecular weight excluding hydrogens is 615 g/mol. The third-order valence-corrected chi connectivity index (χ3v) is 10.4. The van der Waals surface area contributed by atoms with E-state index < -0.39 is 0 Å². The monoisotopic (exact) mass is 647 g/mol. The smallest absolute Gasteiger partial charge is 0.0540 e. The summed E-state index contributed by atoms with van der Waals surface area (Å²) in [5.41, 5.74) is 8.16. The number of nitrogens with zero attached hydrogens (tertiary/aromatic N) is 1. The Labute approximate surface area is 297 Å². The average molecular weight is 648 g/mol. The average Bonchev–Trinajstić information content (AvgIpc) is 3.21. The summed E-state index contributed by atoms with van der Waals surface area (Å²) in [6.07, 6.45) is 0. The zero-order valence-electron chi connectivity index (χ0n) is 28.0. The van der Waals surface area contributed by atoms with E-state index in [1.165, 1.54) is 76.1 Å². The van der Waals surface area contributed by atoms with Crippen molar-refractivity contribution >= 4 is 70.9 Å². The van der Waals surface area contributed by atoms with Crippen LogP contribution in [-0.4, -0.2) is 0 Å². The molecule has 1 heteroatoms. The second-order valence-corrected chi connectivity index (χ2v) is 13.3. The van der Waals surface area contributed by atoms with Crippen LogP contribution in [0.1, 0.15) is 0 Å². The minimum atomic E-state index is 1.11. The van der Waals surface area contributed by atoms with Gasteiger partial charge in [0.05, 0.1) is 5.69 Å². The minimum Gasteiger partial charge on any atom is -0.310 e. The summed E-state index contributed by atoms with van der Waals surface area (Å²) in [5.74, 6) is 0. The van der Waals surface area contributed by atoms with Crippen LogP contribution in [0.4, 0.5) is 17.1 Å². The summed E-state index contributed by atoms with van der Waals surface area (Å²) < 4.78 is 0. The third kappa shape index (κ3) is 5.02. The molecule has 0 N–H and O–H groups in total. The van der Waals surface area contributed by atoms with Gasteiger partial charge in [-0.2, -0.15) is 0 Å². The topological polar surface area (TPSA) is 3.24 Å². The van der Waals surface area contributed by atoms with Crippen molar-refractivity contribution in [3.63, 3.8) is 0 Å². The first-order chi connectivity index (χ1) is 25.3. The maximum Gasteiger partial charge on any atom is 0.0540 e. The number of rotatable bonds is 5. The molecule has 0 spiro atoms. The van der Waals surface area contributed by atoms with Crippen molar-refractivity contribution < 1.29 is 0 Å². The van der Waals surface area contributed by atoms with Gasteiger partial charge in [-0.15, -0.1) is 0 Å². The number of hydrogen-bond acceptors (Lipinski definition) is 1. The van der Waals surface area contributed by atoms with Crippen LogP contribution < -0.4 is 4.90 Å². The van der Waals surface area contributed by atoms with Gasteiger partial charge in [0.2, 0.25) is 0 Å². The second kappa shape index (κ2) is 12.0. The Morgan fingerprint density at radius 3 is 1.49 bits per heavy atom. The van der Waals surface area contributed by atoms with Crippen molar-refractivity contribution in [1.82, 2.24) is 0 Å². The van der Waals surface area contributed by atoms with Crippen molar-refractivity contribution in [2.24, 2.45) is 0 Å². The highest BCUT2D eigenvalue weighted by molar-refractivity contribution is 6.17. The van der Waals surface area contributed by atoms with E-state index in [4.69, 9.17) is 0 Å². The van der Waals surface area contributed by atoms with E-state index in [9.17, 15) is 0 Å². The molecule has 0 unspecified atom stereocenters. The molecule has 0 atom stereocenters. The van der Waals surface area contributed by atoms with E-state index in [0.29, 0.717) is 0 Å². The molecule has 0 aliphatic rings. The van der Waals surface area contributed by atoms with E-state index in [0.717, 1.165) is 17.1 Å². The Kier molecular flexibility index (Phi) is 6.89. The fraction of sp³-hybridized carbons (Fsp3) is 0. The van der Waals surface area contributed by atoms with Gasteiger partial charge in [0.25, 0.3) is 0 Å². The number of anilines is 3. The van der Waals surface area contributed by atoms with Gasteiger partial charge in [0.1, 0.15) is 0 Å². The van der Waals surface area contributed by atoms with Crippen molar-refractivity contribution in [3.8, 4) is 22.3 Å². The molecular formula is C50H33N. The predicted octanol–water partition coefficient (Wildman–Crippen LogP) is 14.3. The molecule has 0 bridgehead atoms. The molecule has 0 saturated heterocycles. The second-order valence-electron chi connectivity index (χ2n) is 13.3. The van der Waals surface area contributed by atoms with Gasteiger partial charge >= 0.3 is 0 Å². The first kappa shape index (κ1) is 29.2. The zero-order valence-corrected chi connectivity index (χ0v) is 28.0. The van der Waals surface area contributed by atoms with Crippen LogP contribution in [-0.2, 0) is 0 Å². The fourth-order valence-corrected chi connectivity index (χ4v) is 7.89. The summed E-state index contributed by atoms with van der Waals surface area (Å²) in [6.45, 7) is 0. The molecule has 238 valence electrons. The molecule has 0 amide bonds. The maximum absolute atomic E-state index is 2.41. The van der Waals surface area contributed by atoms with Gasteiger partial charge in [-0.05, 0) is 107 Å². The summed E-state index contributed by atoms with van der Waals surface area (Å²) >= 11 is 0.